The van der Waals surface area contributed by atoms with Crippen LogP contribution in [0.15, 0.2) is 36.4 Å². The van der Waals surface area contributed by atoms with Crippen molar-refractivity contribution in [1.29, 1.82) is 0 Å². The Morgan fingerprint density at radius 1 is 1.16 bits per heavy atom. The van der Waals surface area contributed by atoms with E-state index in [1.54, 1.807) is 6.08 Å². The quantitative estimate of drug-likeness (QED) is 0.583. The van der Waals surface area contributed by atoms with E-state index in [-0.39, 0.29) is 6.42 Å². The second kappa shape index (κ2) is 11.1. The highest BCUT2D eigenvalue weighted by atomic mass is 32.1. The van der Waals surface area contributed by atoms with E-state index in [1.165, 1.54) is 58.5 Å². The van der Waals surface area contributed by atoms with Crippen molar-refractivity contribution in [2.24, 2.45) is 0 Å². The normalized spacial score (nSPS) is 17.3. The minimum atomic E-state index is -1.31. The molecule has 1 fully saturated rings. The van der Waals surface area contributed by atoms with E-state index in [4.69, 9.17) is 0 Å². The molecule has 0 radical (unpaired) electrons. The zero-order chi connectivity index (χ0) is 22.4. The molecule has 168 valence electrons. The standard InChI is InChI=1S/C26H34O4S/c1-17(2)25-22(14-13-20(27)15-21(28)16-23(29)30)24(18-9-5-3-6-10-18)26(31-25)19-11-7-4-8-12-19/h4,7-8,11-14,17-18,20-21,27-28H,3,5-6,9-10,15-16H2,1-2H3,(H,29,30)/p-1/b14-13+/t20-,21-/m1/s1. The van der Waals surface area contributed by atoms with Gasteiger partial charge in [0.25, 0.3) is 0 Å². The molecule has 0 aliphatic heterocycles. The Morgan fingerprint density at radius 2 is 1.84 bits per heavy atom. The first-order chi connectivity index (χ1) is 14.9. The molecular weight excluding hydrogens is 408 g/mol. The number of hydrogen-bond donors (Lipinski definition) is 2. The van der Waals surface area contributed by atoms with Gasteiger partial charge in [0.15, 0.2) is 0 Å². The van der Waals surface area contributed by atoms with Gasteiger partial charge in [-0.2, -0.15) is 0 Å². The molecule has 31 heavy (non-hydrogen) atoms. The monoisotopic (exact) mass is 441 g/mol. The third-order valence-corrected chi connectivity index (χ3v) is 7.56. The molecule has 1 aromatic carbocycles. The molecule has 5 heteroatoms. The van der Waals surface area contributed by atoms with Gasteiger partial charge in [-0.25, -0.2) is 0 Å². The summed E-state index contributed by atoms with van der Waals surface area (Å²) in [5.41, 5.74) is 3.82. The summed E-state index contributed by atoms with van der Waals surface area (Å²) in [5, 5.41) is 30.9. The van der Waals surface area contributed by atoms with Gasteiger partial charge >= 0.3 is 0 Å². The van der Waals surface area contributed by atoms with Gasteiger partial charge in [0.1, 0.15) is 0 Å². The van der Waals surface area contributed by atoms with Gasteiger partial charge in [-0.15, -0.1) is 11.3 Å². The van der Waals surface area contributed by atoms with Crippen LogP contribution in [-0.4, -0.2) is 28.4 Å². The van der Waals surface area contributed by atoms with E-state index in [1.807, 2.05) is 23.5 Å². The average Bonchev–Trinajstić information content (AvgIpc) is 3.12. The van der Waals surface area contributed by atoms with Crippen molar-refractivity contribution in [3.8, 4) is 10.4 Å². The van der Waals surface area contributed by atoms with E-state index in [9.17, 15) is 20.1 Å². The first-order valence-corrected chi connectivity index (χ1v) is 12.1. The van der Waals surface area contributed by atoms with Gasteiger partial charge in [-0.05, 0) is 41.4 Å². The number of carbonyl (C=O) groups is 1. The molecule has 1 aromatic heterocycles. The molecule has 0 spiro atoms. The van der Waals surface area contributed by atoms with E-state index in [0.29, 0.717) is 11.8 Å². The summed E-state index contributed by atoms with van der Waals surface area (Å²) in [7, 11) is 0. The summed E-state index contributed by atoms with van der Waals surface area (Å²) in [5.74, 6) is -0.450. The molecule has 1 saturated carbocycles. The molecule has 0 saturated heterocycles. The average molecular weight is 442 g/mol. The van der Waals surface area contributed by atoms with Gasteiger partial charge in [0.2, 0.25) is 0 Å². The number of carboxylic acid groups (broad SMARTS) is 1. The lowest BCUT2D eigenvalue weighted by atomic mass is 9.80. The van der Waals surface area contributed by atoms with Crippen LogP contribution >= 0.6 is 11.3 Å². The lowest BCUT2D eigenvalue weighted by Crippen LogP contribution is -2.29. The molecule has 2 aromatic rings. The number of rotatable bonds is 9. The van der Waals surface area contributed by atoms with E-state index < -0.39 is 24.6 Å². The fourth-order valence-corrected chi connectivity index (χ4v) is 5.90. The first-order valence-electron chi connectivity index (χ1n) is 11.3. The topological polar surface area (TPSA) is 80.6 Å². The zero-order valence-corrected chi connectivity index (χ0v) is 19.2. The second-order valence-corrected chi connectivity index (χ2v) is 9.92. The van der Waals surface area contributed by atoms with Crippen LogP contribution in [0.5, 0.6) is 0 Å². The van der Waals surface area contributed by atoms with E-state index in [2.05, 4.69) is 38.1 Å². The van der Waals surface area contributed by atoms with E-state index in [0.717, 1.165) is 0 Å². The van der Waals surface area contributed by atoms with Gasteiger partial charge in [-0.3, -0.25) is 0 Å². The molecule has 2 atom stereocenters. The van der Waals surface area contributed by atoms with Crippen LogP contribution in [-0.2, 0) is 4.79 Å². The third kappa shape index (κ3) is 6.28. The number of aliphatic carboxylic acids is 1. The highest BCUT2D eigenvalue weighted by Crippen LogP contribution is 2.48. The van der Waals surface area contributed by atoms with Crippen LogP contribution in [0.4, 0.5) is 0 Å². The van der Waals surface area contributed by atoms with Gasteiger partial charge in [-0.1, -0.05) is 75.6 Å². The lowest BCUT2D eigenvalue weighted by molar-refractivity contribution is -0.307. The summed E-state index contributed by atoms with van der Waals surface area (Å²) < 4.78 is 0. The molecule has 1 heterocycles. The zero-order valence-electron chi connectivity index (χ0n) is 18.4. The molecule has 1 aliphatic carbocycles. The fourth-order valence-electron chi connectivity index (χ4n) is 4.52. The molecule has 1 aliphatic rings. The Morgan fingerprint density at radius 3 is 2.45 bits per heavy atom. The van der Waals surface area contributed by atoms with Crippen molar-refractivity contribution in [1.82, 2.24) is 0 Å². The van der Waals surface area contributed by atoms with Crippen molar-refractivity contribution >= 4 is 23.4 Å². The molecule has 3 rings (SSSR count). The fraction of sp³-hybridized carbons (Fsp3) is 0.500. The Hall–Kier alpha value is -1.95. The third-order valence-electron chi connectivity index (χ3n) is 5.99. The van der Waals surface area contributed by atoms with E-state index >= 15 is 0 Å². The van der Waals surface area contributed by atoms with Crippen LogP contribution in [0.1, 0.15) is 86.6 Å². The molecule has 2 N–H and O–H groups in total. The minimum Gasteiger partial charge on any atom is -0.550 e. The highest BCUT2D eigenvalue weighted by Gasteiger charge is 2.27. The van der Waals surface area contributed by atoms with Crippen LogP contribution in [0.3, 0.4) is 0 Å². The number of aliphatic hydroxyl groups excluding tert-OH is 2. The minimum absolute atomic E-state index is 0.0179. The molecule has 0 bridgehead atoms. The summed E-state index contributed by atoms with van der Waals surface area (Å²) >= 11 is 1.85. The number of carbonyl (C=O) groups excluding carboxylic acids is 1. The smallest absolute Gasteiger partial charge is 0.0748 e. The van der Waals surface area contributed by atoms with Gasteiger partial charge in [0, 0.05) is 28.6 Å². The van der Waals surface area contributed by atoms with Gasteiger partial charge in [0.05, 0.1) is 12.2 Å². The Kier molecular flexibility index (Phi) is 8.47. The van der Waals surface area contributed by atoms with Crippen molar-refractivity contribution in [2.45, 2.75) is 82.8 Å². The maximum Gasteiger partial charge on any atom is 0.0748 e. The number of thiophene rings is 1. The summed E-state index contributed by atoms with van der Waals surface area (Å²) in [6.45, 7) is 4.39. The number of hydrogen-bond acceptors (Lipinski definition) is 5. The Bertz CT molecular complexity index is 878. The van der Waals surface area contributed by atoms with Crippen LogP contribution < -0.4 is 5.11 Å². The summed E-state index contributed by atoms with van der Waals surface area (Å²) in [6.07, 6.45) is 7.33. The lowest BCUT2D eigenvalue weighted by Gasteiger charge is -2.24. The first kappa shape index (κ1) is 23.7. The Labute approximate surface area is 189 Å². The number of carboxylic acids is 1. The van der Waals surface area contributed by atoms with Gasteiger partial charge < -0.3 is 20.1 Å². The maximum atomic E-state index is 10.7. The maximum absolute atomic E-state index is 10.7. The second-order valence-electron chi connectivity index (χ2n) is 8.87. The van der Waals surface area contributed by atoms with Crippen LogP contribution in [0.2, 0.25) is 0 Å². The molecule has 0 amide bonds. The molecule has 4 nitrogen and oxygen atoms in total. The number of benzene rings is 1. The molecular formula is C26H33O4S-. The van der Waals surface area contributed by atoms with Crippen molar-refractivity contribution < 1.29 is 20.1 Å². The molecule has 0 unspecified atom stereocenters. The predicted octanol–water partition coefficient (Wildman–Crippen LogP) is 4.85. The predicted molar refractivity (Wildman–Crippen MR) is 125 cm³/mol. The largest absolute Gasteiger partial charge is 0.550 e. The number of aliphatic hydroxyl groups is 2. The van der Waals surface area contributed by atoms with Crippen molar-refractivity contribution in [2.75, 3.05) is 0 Å². The summed E-state index contributed by atoms with van der Waals surface area (Å²) in [6, 6.07) is 10.5. The SMILES string of the molecule is CC(C)c1sc(-c2ccccc2)c(C2CCCCC2)c1/C=C/[C@@H](O)C[C@@H](O)CC(=O)[O-]. The van der Waals surface area contributed by atoms with Crippen molar-refractivity contribution in [3.63, 3.8) is 0 Å². The Balaban J connectivity index is 1.98. The van der Waals surface area contributed by atoms with Crippen LogP contribution in [0, 0.1) is 0 Å². The van der Waals surface area contributed by atoms with Crippen LogP contribution in [0.25, 0.3) is 16.5 Å². The van der Waals surface area contributed by atoms with Crippen molar-refractivity contribution in [3.05, 3.63) is 52.4 Å². The summed E-state index contributed by atoms with van der Waals surface area (Å²) in [4.78, 5) is 13.3. The highest BCUT2D eigenvalue weighted by molar-refractivity contribution is 7.16.